The Morgan fingerprint density at radius 3 is 2.20 bits per heavy atom. The predicted molar refractivity (Wildman–Crippen MR) is 117 cm³/mol. The summed E-state index contributed by atoms with van der Waals surface area (Å²) in [5.74, 6) is -14.6. The molecule has 0 saturated heterocycles. The maximum atomic E-state index is 13.8. The van der Waals surface area contributed by atoms with Crippen molar-refractivity contribution in [2.24, 2.45) is 29.4 Å². The number of nitrogens with two attached hydrogens (primary N) is 1. The first-order valence-corrected chi connectivity index (χ1v) is 11.1. The third kappa shape index (κ3) is 3.01. The van der Waals surface area contributed by atoms with E-state index in [1.54, 1.807) is 6.92 Å². The first-order valence-electron chi connectivity index (χ1n) is 11.1. The van der Waals surface area contributed by atoms with Gasteiger partial charge in [-0.1, -0.05) is 6.92 Å². The number of aromatic hydroxyl groups is 1. The third-order valence-electron chi connectivity index (χ3n) is 7.85. The molecule has 35 heavy (non-hydrogen) atoms. The van der Waals surface area contributed by atoms with E-state index >= 15 is 0 Å². The number of hydrogen-bond donors (Lipinski definition) is 4. The summed E-state index contributed by atoms with van der Waals surface area (Å²) < 4.78 is 0. The number of fused-ring (bicyclic) bond motifs is 3. The minimum Gasteiger partial charge on any atom is -0.507 e. The highest BCUT2D eigenvalue weighted by atomic mass is 16.3. The van der Waals surface area contributed by atoms with Gasteiger partial charge in [-0.05, 0) is 44.6 Å². The van der Waals surface area contributed by atoms with Crippen molar-refractivity contribution in [3.8, 4) is 5.75 Å². The Bertz CT molecular complexity index is 1220. The lowest BCUT2D eigenvalue weighted by Gasteiger charge is -2.56. The lowest BCUT2D eigenvalue weighted by atomic mass is 9.49. The lowest BCUT2D eigenvalue weighted by molar-refractivity contribution is -0.196. The van der Waals surface area contributed by atoms with Crippen molar-refractivity contribution in [3.05, 3.63) is 28.8 Å². The molecule has 0 spiro atoms. The van der Waals surface area contributed by atoms with Gasteiger partial charge in [-0.15, -0.1) is 0 Å². The summed E-state index contributed by atoms with van der Waals surface area (Å²) in [5, 5.41) is 33.5. The van der Waals surface area contributed by atoms with Gasteiger partial charge >= 0.3 is 0 Å². The van der Waals surface area contributed by atoms with Gasteiger partial charge in [0.05, 0.1) is 29.5 Å². The molecule has 1 amide bonds. The second-order valence-corrected chi connectivity index (χ2v) is 9.84. The molecule has 11 heteroatoms. The number of hydrogen-bond acceptors (Lipinski definition) is 10. The van der Waals surface area contributed by atoms with Crippen molar-refractivity contribution in [2.45, 2.75) is 37.5 Å². The third-order valence-corrected chi connectivity index (χ3v) is 7.85. The smallest absolute Gasteiger partial charge is 0.235 e. The van der Waals surface area contributed by atoms with Crippen LogP contribution in [-0.4, -0.2) is 86.9 Å². The molecule has 8 unspecified atom stereocenters. The Hall–Kier alpha value is -3.28. The van der Waals surface area contributed by atoms with Gasteiger partial charge in [-0.25, -0.2) is 0 Å². The first kappa shape index (κ1) is 24.8. The molecule has 5 N–H and O–H groups in total. The maximum Gasteiger partial charge on any atom is 0.235 e. The number of amides is 1. The molecule has 3 aliphatic carbocycles. The van der Waals surface area contributed by atoms with Crippen molar-refractivity contribution in [1.29, 1.82) is 0 Å². The molecule has 11 nitrogen and oxygen atoms in total. The van der Waals surface area contributed by atoms with Crippen molar-refractivity contribution < 1.29 is 44.1 Å². The summed E-state index contributed by atoms with van der Waals surface area (Å²) in [6.07, 6.45) is -1.74. The van der Waals surface area contributed by atoms with E-state index in [9.17, 15) is 44.1 Å². The zero-order valence-electron chi connectivity index (χ0n) is 19.5. The molecule has 1 aromatic rings. The Balaban J connectivity index is 2.00. The Kier molecular flexibility index (Phi) is 5.58. The van der Waals surface area contributed by atoms with E-state index in [2.05, 4.69) is 0 Å². The first-order chi connectivity index (χ1) is 16.2. The lowest BCUT2D eigenvalue weighted by Crippen LogP contribution is -2.77. The second-order valence-electron chi connectivity index (χ2n) is 9.84. The SMILES string of the molecule is CC(=O)c1ccc(O)c2c1C(C)C1C(C2=O)C(=O)C2(O)C(=O)C(C(N)=O)C(=O)C(N(C)C)C2C1O. The fraction of sp³-hybridized carbons (Fsp3) is 0.500. The van der Waals surface area contributed by atoms with Gasteiger partial charge in [0.2, 0.25) is 5.91 Å². The fourth-order valence-electron chi connectivity index (χ4n) is 6.38. The zero-order chi connectivity index (χ0) is 26.3. The average molecular weight is 486 g/mol. The molecule has 1 aromatic carbocycles. The summed E-state index contributed by atoms with van der Waals surface area (Å²) in [7, 11) is 2.83. The molecular formula is C24H26N2O9. The summed E-state index contributed by atoms with van der Waals surface area (Å²) in [5.41, 5.74) is 2.17. The van der Waals surface area contributed by atoms with Crippen LogP contribution in [0.1, 0.15) is 46.0 Å². The average Bonchev–Trinajstić information content (AvgIpc) is 2.75. The van der Waals surface area contributed by atoms with Crippen LogP contribution in [0.5, 0.6) is 5.75 Å². The summed E-state index contributed by atoms with van der Waals surface area (Å²) in [4.78, 5) is 79.3. The van der Waals surface area contributed by atoms with Crippen molar-refractivity contribution in [3.63, 3.8) is 0 Å². The van der Waals surface area contributed by atoms with E-state index in [-0.39, 0.29) is 16.7 Å². The minimum atomic E-state index is -3.05. The van der Waals surface area contributed by atoms with Crippen LogP contribution in [0, 0.1) is 23.7 Å². The van der Waals surface area contributed by atoms with E-state index in [4.69, 9.17) is 5.73 Å². The van der Waals surface area contributed by atoms with Gasteiger partial charge in [-0.3, -0.25) is 33.7 Å². The Morgan fingerprint density at radius 2 is 1.69 bits per heavy atom. The van der Waals surface area contributed by atoms with E-state index in [1.165, 1.54) is 32.0 Å². The van der Waals surface area contributed by atoms with Crippen molar-refractivity contribution >= 4 is 34.8 Å². The van der Waals surface area contributed by atoms with Crippen LogP contribution in [0.15, 0.2) is 12.1 Å². The molecule has 0 heterocycles. The molecule has 4 rings (SSSR count). The number of nitrogens with zero attached hydrogens (tertiary/aromatic N) is 1. The number of phenolic OH excluding ortho intramolecular Hbond substituents is 1. The van der Waals surface area contributed by atoms with E-state index < -0.39 is 87.9 Å². The molecule has 186 valence electrons. The monoisotopic (exact) mass is 486 g/mol. The van der Waals surface area contributed by atoms with E-state index in [0.29, 0.717) is 0 Å². The summed E-state index contributed by atoms with van der Waals surface area (Å²) in [6.45, 7) is 2.82. The summed E-state index contributed by atoms with van der Waals surface area (Å²) >= 11 is 0. The number of likely N-dealkylation sites (N-methyl/N-ethyl adjacent to an activating group) is 1. The molecule has 2 fully saturated rings. The van der Waals surface area contributed by atoms with Crippen LogP contribution in [0.2, 0.25) is 0 Å². The second kappa shape index (κ2) is 7.87. The van der Waals surface area contributed by atoms with Crippen LogP contribution in [0.25, 0.3) is 0 Å². The van der Waals surface area contributed by atoms with Crippen LogP contribution in [-0.2, 0) is 19.2 Å². The fourth-order valence-corrected chi connectivity index (χ4v) is 6.38. The van der Waals surface area contributed by atoms with Gasteiger partial charge < -0.3 is 21.1 Å². The van der Waals surface area contributed by atoms with Crippen LogP contribution < -0.4 is 5.73 Å². The normalized spacial score (nSPS) is 36.5. The minimum absolute atomic E-state index is 0.117. The standard InChI is InChI=1S/C24H26N2O9/c1-7-11-9(8(2)27)5-6-10(28)13(11)18(29)14-12(7)19(30)16-17(26(3)4)20(31)15(23(25)34)22(33)24(16,35)21(14)32/h5-7,12,14-17,19,28,30,35H,1-4H3,(H2,25,34). The topological polar surface area (TPSA) is 192 Å². The molecule has 0 bridgehead atoms. The zero-order valence-corrected chi connectivity index (χ0v) is 19.5. The van der Waals surface area contributed by atoms with Gasteiger partial charge in [0.1, 0.15) is 5.75 Å². The van der Waals surface area contributed by atoms with E-state index in [1.807, 2.05) is 0 Å². The van der Waals surface area contributed by atoms with Crippen LogP contribution in [0.3, 0.4) is 0 Å². The number of ketones is 5. The molecule has 8 atom stereocenters. The Morgan fingerprint density at radius 1 is 1.09 bits per heavy atom. The largest absolute Gasteiger partial charge is 0.507 e. The van der Waals surface area contributed by atoms with Crippen LogP contribution in [0.4, 0.5) is 0 Å². The van der Waals surface area contributed by atoms with Gasteiger partial charge in [0.15, 0.2) is 40.4 Å². The number of carbonyl (C=O) groups excluding carboxylic acids is 6. The highest BCUT2D eigenvalue weighted by molar-refractivity contribution is 6.32. The quantitative estimate of drug-likeness (QED) is 0.292. The number of phenols is 1. The predicted octanol–water partition coefficient (Wildman–Crippen LogP) is -1.40. The van der Waals surface area contributed by atoms with Crippen molar-refractivity contribution in [2.75, 3.05) is 14.1 Å². The number of rotatable bonds is 3. The molecule has 2 saturated carbocycles. The highest BCUT2D eigenvalue weighted by Crippen LogP contribution is 2.54. The maximum absolute atomic E-state index is 13.8. The number of Topliss-reactive ketones (excluding diaryl/α,β-unsaturated/α-hetero) is 5. The van der Waals surface area contributed by atoms with Gasteiger partial charge in [0, 0.05) is 11.5 Å². The number of benzene rings is 1. The number of primary amides is 1. The summed E-state index contributed by atoms with van der Waals surface area (Å²) in [6, 6.07) is 1.02. The number of aliphatic hydroxyl groups is 2. The molecule has 0 radical (unpaired) electrons. The van der Waals surface area contributed by atoms with E-state index in [0.717, 1.165) is 6.07 Å². The Labute approximate surface area is 199 Å². The molecule has 0 aliphatic heterocycles. The number of carbonyl (C=O) groups is 6. The number of aliphatic hydroxyl groups excluding tert-OH is 1. The van der Waals surface area contributed by atoms with Gasteiger partial charge in [0.25, 0.3) is 0 Å². The molecule has 3 aliphatic rings. The highest BCUT2D eigenvalue weighted by Gasteiger charge is 2.73. The molecular weight excluding hydrogens is 460 g/mol. The molecule has 0 aromatic heterocycles. The van der Waals surface area contributed by atoms with Gasteiger partial charge in [-0.2, -0.15) is 0 Å². The van der Waals surface area contributed by atoms with Crippen molar-refractivity contribution in [1.82, 2.24) is 4.90 Å². The van der Waals surface area contributed by atoms with Crippen LogP contribution >= 0.6 is 0 Å².